The molecule has 1 aliphatic rings. The molecule has 0 aromatic heterocycles. The summed E-state index contributed by atoms with van der Waals surface area (Å²) in [5, 5.41) is 3.11. The second-order valence-electron chi connectivity index (χ2n) is 4.99. The molecule has 0 saturated heterocycles. The van der Waals surface area contributed by atoms with Crippen LogP contribution in [0.2, 0.25) is 0 Å². The van der Waals surface area contributed by atoms with Crippen LogP contribution in [0.15, 0.2) is 22.7 Å². The molecule has 3 N–H and O–H groups in total. The van der Waals surface area contributed by atoms with Gasteiger partial charge in [0.15, 0.2) is 0 Å². The number of aryl methyl sites for hydroxylation is 1. The van der Waals surface area contributed by atoms with E-state index in [1.807, 2.05) is 25.1 Å². The SMILES string of the molecule is Cc1ccc(C(=O)NC2CCCC2CN)c(Br)c1. The first kappa shape index (κ1) is 13.6. The molecule has 2 unspecified atom stereocenters. The van der Waals surface area contributed by atoms with E-state index in [4.69, 9.17) is 5.73 Å². The van der Waals surface area contributed by atoms with Crippen molar-refractivity contribution in [3.05, 3.63) is 33.8 Å². The topological polar surface area (TPSA) is 55.1 Å². The van der Waals surface area contributed by atoms with Crippen LogP contribution in [-0.4, -0.2) is 18.5 Å². The Hall–Kier alpha value is -0.870. The highest BCUT2D eigenvalue weighted by atomic mass is 79.9. The molecule has 1 fully saturated rings. The normalized spacial score (nSPS) is 23.1. The van der Waals surface area contributed by atoms with Gasteiger partial charge in [-0.2, -0.15) is 0 Å². The molecule has 0 radical (unpaired) electrons. The maximum atomic E-state index is 12.2. The van der Waals surface area contributed by atoms with Gasteiger partial charge >= 0.3 is 0 Å². The summed E-state index contributed by atoms with van der Waals surface area (Å²) < 4.78 is 0.849. The van der Waals surface area contributed by atoms with Crippen LogP contribution in [0.25, 0.3) is 0 Å². The van der Waals surface area contributed by atoms with Crippen LogP contribution in [0.5, 0.6) is 0 Å². The van der Waals surface area contributed by atoms with E-state index < -0.39 is 0 Å². The summed E-state index contributed by atoms with van der Waals surface area (Å²) in [5.41, 5.74) is 7.56. The molecule has 1 amide bonds. The number of halogens is 1. The van der Waals surface area contributed by atoms with E-state index in [2.05, 4.69) is 21.2 Å². The van der Waals surface area contributed by atoms with E-state index in [0.717, 1.165) is 29.3 Å². The smallest absolute Gasteiger partial charge is 0.252 e. The summed E-state index contributed by atoms with van der Waals surface area (Å²) in [5.74, 6) is 0.422. The first-order valence-corrected chi connectivity index (χ1v) is 7.18. The molecule has 1 aromatic rings. The maximum Gasteiger partial charge on any atom is 0.252 e. The number of hydrogen-bond acceptors (Lipinski definition) is 2. The monoisotopic (exact) mass is 310 g/mol. The first-order chi connectivity index (χ1) is 8.61. The zero-order valence-corrected chi connectivity index (χ0v) is 12.2. The van der Waals surface area contributed by atoms with Crippen molar-refractivity contribution >= 4 is 21.8 Å². The third-order valence-electron chi connectivity index (χ3n) is 3.65. The Morgan fingerprint density at radius 3 is 2.94 bits per heavy atom. The zero-order chi connectivity index (χ0) is 13.1. The Labute approximate surface area is 116 Å². The van der Waals surface area contributed by atoms with Gasteiger partial charge in [-0.1, -0.05) is 12.5 Å². The van der Waals surface area contributed by atoms with E-state index in [1.54, 1.807) is 0 Å². The Morgan fingerprint density at radius 1 is 1.50 bits per heavy atom. The minimum absolute atomic E-state index is 0.00720. The number of carbonyl (C=O) groups excluding carboxylic acids is 1. The molecule has 2 rings (SSSR count). The molecule has 0 aliphatic heterocycles. The second-order valence-corrected chi connectivity index (χ2v) is 5.84. The van der Waals surface area contributed by atoms with Crippen LogP contribution >= 0.6 is 15.9 Å². The molecule has 18 heavy (non-hydrogen) atoms. The van der Waals surface area contributed by atoms with Crippen molar-refractivity contribution in [3.8, 4) is 0 Å². The molecule has 0 bridgehead atoms. The Kier molecular flexibility index (Phi) is 4.40. The first-order valence-electron chi connectivity index (χ1n) is 6.39. The van der Waals surface area contributed by atoms with Crippen molar-refractivity contribution in [1.29, 1.82) is 0 Å². The fourth-order valence-corrected chi connectivity index (χ4v) is 3.23. The number of hydrogen-bond donors (Lipinski definition) is 2. The van der Waals surface area contributed by atoms with Gasteiger partial charge in [0.1, 0.15) is 0 Å². The molecule has 1 aromatic carbocycles. The molecule has 1 saturated carbocycles. The average Bonchev–Trinajstić information content (AvgIpc) is 2.76. The summed E-state index contributed by atoms with van der Waals surface area (Å²) in [7, 11) is 0. The lowest BCUT2D eigenvalue weighted by Crippen LogP contribution is -2.40. The van der Waals surface area contributed by atoms with Crippen molar-refractivity contribution in [3.63, 3.8) is 0 Å². The molecule has 1 aliphatic carbocycles. The number of nitrogens with one attached hydrogen (secondary N) is 1. The van der Waals surface area contributed by atoms with E-state index in [9.17, 15) is 4.79 Å². The highest BCUT2D eigenvalue weighted by Gasteiger charge is 2.27. The highest BCUT2D eigenvalue weighted by Crippen LogP contribution is 2.25. The number of amides is 1. The minimum atomic E-state index is -0.00720. The highest BCUT2D eigenvalue weighted by molar-refractivity contribution is 9.10. The molecule has 0 spiro atoms. The third-order valence-corrected chi connectivity index (χ3v) is 4.30. The third kappa shape index (κ3) is 2.93. The molecule has 4 heteroatoms. The van der Waals surface area contributed by atoms with Crippen LogP contribution in [-0.2, 0) is 0 Å². The van der Waals surface area contributed by atoms with Gasteiger partial charge in [-0.05, 0) is 65.9 Å². The summed E-state index contributed by atoms with van der Waals surface area (Å²) in [4.78, 5) is 12.2. The Morgan fingerprint density at radius 2 is 2.28 bits per heavy atom. The van der Waals surface area contributed by atoms with E-state index in [1.165, 1.54) is 0 Å². The van der Waals surface area contributed by atoms with Crippen molar-refractivity contribution in [2.24, 2.45) is 11.7 Å². The number of benzene rings is 1. The minimum Gasteiger partial charge on any atom is -0.349 e. The molecule has 98 valence electrons. The summed E-state index contributed by atoms with van der Waals surface area (Å²) in [6, 6.07) is 6.01. The van der Waals surface area contributed by atoms with Crippen molar-refractivity contribution < 1.29 is 4.79 Å². The molecule has 2 atom stereocenters. The fraction of sp³-hybridized carbons (Fsp3) is 0.500. The lowest BCUT2D eigenvalue weighted by molar-refractivity contribution is 0.0928. The molecule has 0 heterocycles. The van der Waals surface area contributed by atoms with Gasteiger partial charge in [0, 0.05) is 10.5 Å². The van der Waals surface area contributed by atoms with Gasteiger partial charge in [0.05, 0.1) is 5.56 Å². The van der Waals surface area contributed by atoms with Crippen LogP contribution < -0.4 is 11.1 Å². The van der Waals surface area contributed by atoms with Gasteiger partial charge in [0.2, 0.25) is 0 Å². The number of carbonyl (C=O) groups is 1. The lowest BCUT2D eigenvalue weighted by Gasteiger charge is -2.19. The van der Waals surface area contributed by atoms with Gasteiger partial charge in [-0.15, -0.1) is 0 Å². The van der Waals surface area contributed by atoms with Crippen molar-refractivity contribution in [2.45, 2.75) is 32.2 Å². The van der Waals surface area contributed by atoms with Crippen LogP contribution in [0.4, 0.5) is 0 Å². The van der Waals surface area contributed by atoms with Gasteiger partial charge in [0.25, 0.3) is 5.91 Å². The summed E-state index contributed by atoms with van der Waals surface area (Å²) in [6.45, 7) is 2.66. The summed E-state index contributed by atoms with van der Waals surface area (Å²) in [6.07, 6.45) is 3.31. The van der Waals surface area contributed by atoms with Crippen LogP contribution in [0, 0.1) is 12.8 Å². The van der Waals surface area contributed by atoms with Crippen molar-refractivity contribution in [2.75, 3.05) is 6.54 Å². The predicted molar refractivity (Wildman–Crippen MR) is 76.5 cm³/mol. The molecule has 3 nitrogen and oxygen atoms in total. The van der Waals surface area contributed by atoms with Gasteiger partial charge in [-0.3, -0.25) is 4.79 Å². The van der Waals surface area contributed by atoms with Crippen molar-refractivity contribution in [1.82, 2.24) is 5.32 Å². The second kappa shape index (κ2) is 5.85. The number of nitrogens with two attached hydrogens (primary N) is 1. The number of rotatable bonds is 3. The fourth-order valence-electron chi connectivity index (χ4n) is 2.56. The maximum absolute atomic E-state index is 12.2. The predicted octanol–water partition coefficient (Wildman–Crippen LogP) is 2.61. The van der Waals surface area contributed by atoms with Gasteiger partial charge in [-0.25, -0.2) is 0 Å². The van der Waals surface area contributed by atoms with E-state index in [-0.39, 0.29) is 11.9 Å². The molecular formula is C14H19BrN2O. The Balaban J connectivity index is 2.07. The van der Waals surface area contributed by atoms with E-state index >= 15 is 0 Å². The van der Waals surface area contributed by atoms with Gasteiger partial charge < -0.3 is 11.1 Å². The lowest BCUT2D eigenvalue weighted by atomic mass is 10.0. The summed E-state index contributed by atoms with van der Waals surface area (Å²) >= 11 is 3.44. The molecular weight excluding hydrogens is 292 g/mol. The van der Waals surface area contributed by atoms with E-state index in [0.29, 0.717) is 18.0 Å². The average molecular weight is 311 g/mol. The largest absolute Gasteiger partial charge is 0.349 e. The van der Waals surface area contributed by atoms with Crippen LogP contribution in [0.1, 0.15) is 35.2 Å². The standard InChI is InChI=1S/C14H19BrN2O/c1-9-5-6-11(12(15)7-9)14(18)17-13-4-2-3-10(13)8-16/h5-7,10,13H,2-4,8,16H2,1H3,(H,17,18). The Bertz CT molecular complexity index is 447. The van der Waals surface area contributed by atoms with Crippen LogP contribution in [0.3, 0.4) is 0 Å². The zero-order valence-electron chi connectivity index (χ0n) is 10.6. The quantitative estimate of drug-likeness (QED) is 0.901.